The molecular weight excluding hydrogens is 445 g/mol. The molecule has 1 aromatic carbocycles. The van der Waals surface area contributed by atoms with Crippen LogP contribution in [0, 0.1) is 11.2 Å². The molecule has 3 heterocycles. The van der Waals surface area contributed by atoms with Gasteiger partial charge in [0.1, 0.15) is 11.5 Å². The highest BCUT2D eigenvalue weighted by atomic mass is 19.1. The van der Waals surface area contributed by atoms with Crippen LogP contribution in [0.5, 0.6) is 0 Å². The van der Waals surface area contributed by atoms with Crippen LogP contribution < -0.4 is 5.73 Å². The number of unbranched alkanes of at least 4 members (excludes halogenated alkanes) is 1. The Morgan fingerprint density at radius 1 is 1.06 bits per heavy atom. The first kappa shape index (κ1) is 24.6. The first-order chi connectivity index (χ1) is 17.0. The number of carbonyl (C=O) groups is 1. The summed E-state index contributed by atoms with van der Waals surface area (Å²) in [4.78, 5) is 23.4. The summed E-state index contributed by atoms with van der Waals surface area (Å²) in [7, 11) is 0. The molecule has 3 aromatic rings. The number of Topliss-reactive ketones (excluding diaryl/α,β-unsaturated/α-hetero) is 1. The van der Waals surface area contributed by atoms with Crippen LogP contribution in [0.2, 0.25) is 0 Å². The van der Waals surface area contributed by atoms with Crippen molar-refractivity contribution < 1.29 is 13.9 Å². The number of ketones is 1. The molecule has 0 saturated carbocycles. The van der Waals surface area contributed by atoms with Crippen LogP contribution in [0.3, 0.4) is 0 Å². The maximum atomic E-state index is 13.7. The molecule has 1 aliphatic rings. The van der Waals surface area contributed by atoms with Crippen molar-refractivity contribution in [3.05, 3.63) is 77.6 Å². The van der Waals surface area contributed by atoms with Gasteiger partial charge in [0.2, 0.25) is 0 Å². The predicted molar refractivity (Wildman–Crippen MR) is 134 cm³/mol. The van der Waals surface area contributed by atoms with Crippen molar-refractivity contribution in [2.24, 2.45) is 0 Å². The van der Waals surface area contributed by atoms with Gasteiger partial charge in [-0.2, -0.15) is 0 Å². The van der Waals surface area contributed by atoms with Crippen molar-refractivity contribution in [3.63, 3.8) is 0 Å². The largest absolute Gasteiger partial charge is 0.398 e. The lowest BCUT2D eigenvalue weighted by Gasteiger charge is -2.26. The smallest absolute Gasteiger partial charge is 0.181 e. The standard InChI is InChI=1S/C27H30FN5O2/c28-24-7-8-31-16-21(24)3-1-2-4-26(34)27(30)23-14-20(5-6-25(23)29)22-13-19(15-32-17-22)18-33-9-11-35-12-10-33/h5-8,13-17,30H,1-4,9-12,18,29H2. The fourth-order valence-electron chi connectivity index (χ4n) is 4.17. The summed E-state index contributed by atoms with van der Waals surface area (Å²) in [5, 5.41) is 8.45. The number of nitrogens with two attached hydrogens (primary N) is 1. The highest BCUT2D eigenvalue weighted by Crippen LogP contribution is 2.25. The van der Waals surface area contributed by atoms with Crippen LogP contribution in [-0.4, -0.2) is 52.7 Å². The Balaban J connectivity index is 1.39. The number of nitrogen functional groups attached to an aromatic ring is 1. The summed E-state index contributed by atoms with van der Waals surface area (Å²) in [5.74, 6) is -0.563. The number of carbonyl (C=O) groups excluding carboxylic acids is 1. The summed E-state index contributed by atoms with van der Waals surface area (Å²) < 4.78 is 19.1. The van der Waals surface area contributed by atoms with Crippen LogP contribution >= 0.6 is 0 Å². The van der Waals surface area contributed by atoms with Crippen molar-refractivity contribution in [1.82, 2.24) is 14.9 Å². The number of halogens is 1. The lowest BCUT2D eigenvalue weighted by molar-refractivity contribution is -0.113. The number of ether oxygens (including phenoxy) is 1. The number of aryl methyl sites for hydroxylation is 1. The van der Waals surface area contributed by atoms with Gasteiger partial charge in [0.25, 0.3) is 0 Å². The molecule has 0 radical (unpaired) electrons. The van der Waals surface area contributed by atoms with Crippen LogP contribution in [-0.2, 0) is 22.5 Å². The molecule has 1 saturated heterocycles. The van der Waals surface area contributed by atoms with E-state index in [-0.39, 0.29) is 23.7 Å². The molecule has 4 rings (SSSR count). The zero-order valence-corrected chi connectivity index (χ0v) is 19.7. The van der Waals surface area contributed by atoms with Gasteiger partial charge >= 0.3 is 0 Å². The Kier molecular flexibility index (Phi) is 8.28. The number of nitrogens with one attached hydrogen (secondary N) is 1. The Morgan fingerprint density at radius 3 is 2.69 bits per heavy atom. The van der Waals surface area contributed by atoms with Crippen molar-refractivity contribution in [2.75, 3.05) is 32.0 Å². The molecule has 0 bridgehead atoms. The third-order valence-electron chi connectivity index (χ3n) is 6.18. The molecule has 3 N–H and O–H groups in total. The summed E-state index contributed by atoms with van der Waals surface area (Å²) in [6.45, 7) is 4.07. The first-order valence-corrected chi connectivity index (χ1v) is 11.9. The van der Waals surface area contributed by atoms with Crippen molar-refractivity contribution in [3.8, 4) is 11.1 Å². The fourth-order valence-corrected chi connectivity index (χ4v) is 4.17. The minimum absolute atomic E-state index is 0.102. The maximum absolute atomic E-state index is 13.7. The number of benzene rings is 1. The zero-order valence-electron chi connectivity index (χ0n) is 19.7. The normalized spacial score (nSPS) is 14.1. The lowest BCUT2D eigenvalue weighted by atomic mass is 9.96. The number of hydrogen-bond donors (Lipinski definition) is 2. The van der Waals surface area contributed by atoms with E-state index in [1.54, 1.807) is 18.3 Å². The molecular formula is C27H30FN5O2. The minimum Gasteiger partial charge on any atom is -0.398 e. The highest BCUT2D eigenvalue weighted by molar-refractivity contribution is 6.46. The topological polar surface area (TPSA) is 105 Å². The molecule has 0 aliphatic carbocycles. The van der Waals surface area contributed by atoms with E-state index in [9.17, 15) is 9.18 Å². The lowest BCUT2D eigenvalue weighted by Crippen LogP contribution is -2.35. The quantitative estimate of drug-likeness (QED) is 0.260. The van der Waals surface area contributed by atoms with Gasteiger partial charge in [-0.3, -0.25) is 25.1 Å². The number of rotatable bonds is 10. The van der Waals surface area contributed by atoms with E-state index in [2.05, 4.69) is 20.9 Å². The zero-order chi connectivity index (χ0) is 24.6. The summed E-state index contributed by atoms with van der Waals surface area (Å²) in [6.07, 6.45) is 8.48. The van der Waals surface area contributed by atoms with Crippen LogP contribution in [0.4, 0.5) is 10.1 Å². The SMILES string of the molecule is N=C(C(=O)CCCCc1cnccc1F)c1cc(-c2cncc(CN3CCOCC3)c2)ccc1N. The molecule has 8 heteroatoms. The van der Waals surface area contributed by atoms with Gasteiger partial charge in [-0.1, -0.05) is 6.07 Å². The highest BCUT2D eigenvalue weighted by Gasteiger charge is 2.17. The molecule has 0 spiro atoms. The molecule has 0 amide bonds. The Morgan fingerprint density at radius 2 is 1.89 bits per heavy atom. The second-order valence-electron chi connectivity index (χ2n) is 8.74. The second kappa shape index (κ2) is 11.8. The van der Waals surface area contributed by atoms with Crippen LogP contribution in [0.25, 0.3) is 11.1 Å². The van der Waals surface area contributed by atoms with Gasteiger partial charge in [-0.15, -0.1) is 0 Å². The Hall–Kier alpha value is -3.49. The fraction of sp³-hybridized carbons (Fsp3) is 0.333. The van der Waals surface area contributed by atoms with E-state index in [0.717, 1.165) is 49.5 Å². The van der Waals surface area contributed by atoms with Gasteiger partial charge < -0.3 is 10.5 Å². The first-order valence-electron chi connectivity index (χ1n) is 11.9. The van der Waals surface area contributed by atoms with Gasteiger partial charge in [-0.05, 0) is 54.7 Å². The van der Waals surface area contributed by atoms with Crippen molar-refractivity contribution >= 4 is 17.2 Å². The average molecular weight is 476 g/mol. The minimum atomic E-state index is -0.285. The summed E-state index contributed by atoms with van der Waals surface area (Å²) in [5.41, 5.74) is 10.2. The van der Waals surface area contributed by atoms with Crippen molar-refractivity contribution in [1.29, 1.82) is 5.41 Å². The average Bonchev–Trinajstić information content (AvgIpc) is 2.88. The molecule has 2 aromatic heterocycles. The van der Waals surface area contributed by atoms with Gasteiger partial charge in [0, 0.05) is 73.2 Å². The predicted octanol–water partition coefficient (Wildman–Crippen LogP) is 4.05. The molecule has 182 valence electrons. The van der Waals surface area contributed by atoms with E-state index in [1.807, 2.05) is 12.3 Å². The molecule has 1 aliphatic heterocycles. The number of anilines is 1. The molecule has 35 heavy (non-hydrogen) atoms. The van der Waals surface area contributed by atoms with Gasteiger partial charge in [0.15, 0.2) is 5.78 Å². The van der Waals surface area contributed by atoms with E-state index < -0.39 is 0 Å². The number of hydrogen-bond acceptors (Lipinski definition) is 7. The second-order valence-corrected chi connectivity index (χ2v) is 8.74. The number of morpholine rings is 1. The van der Waals surface area contributed by atoms with Crippen LogP contribution in [0.1, 0.15) is 36.0 Å². The third kappa shape index (κ3) is 6.55. The van der Waals surface area contributed by atoms with Crippen LogP contribution in [0.15, 0.2) is 55.1 Å². The van der Waals surface area contributed by atoms with Crippen molar-refractivity contribution in [2.45, 2.75) is 32.2 Å². The van der Waals surface area contributed by atoms with Gasteiger partial charge in [-0.25, -0.2) is 4.39 Å². The third-order valence-corrected chi connectivity index (χ3v) is 6.18. The van der Waals surface area contributed by atoms with E-state index in [1.165, 1.54) is 18.5 Å². The number of aromatic nitrogens is 2. The summed E-state index contributed by atoms with van der Waals surface area (Å²) >= 11 is 0. The Bertz CT molecular complexity index is 1190. The van der Waals surface area contributed by atoms with Gasteiger partial charge in [0.05, 0.1) is 13.2 Å². The molecule has 0 atom stereocenters. The van der Waals surface area contributed by atoms with E-state index in [4.69, 9.17) is 15.9 Å². The number of nitrogens with zero attached hydrogens (tertiary/aromatic N) is 3. The van der Waals surface area contributed by atoms with E-state index in [0.29, 0.717) is 36.1 Å². The Labute approximate surface area is 204 Å². The molecule has 7 nitrogen and oxygen atoms in total. The molecule has 1 fully saturated rings. The van der Waals surface area contributed by atoms with E-state index >= 15 is 0 Å². The molecule has 0 unspecified atom stereocenters. The summed E-state index contributed by atoms with van der Waals surface area (Å²) in [6, 6.07) is 8.82. The monoisotopic (exact) mass is 475 g/mol. The maximum Gasteiger partial charge on any atom is 0.181 e. The number of pyridine rings is 2.